The van der Waals surface area contributed by atoms with Crippen LogP contribution in [0.1, 0.15) is 41.8 Å². The van der Waals surface area contributed by atoms with Gasteiger partial charge >= 0.3 is 0 Å². The van der Waals surface area contributed by atoms with Crippen molar-refractivity contribution in [2.24, 2.45) is 0 Å². The molecule has 0 bridgehead atoms. The van der Waals surface area contributed by atoms with Gasteiger partial charge in [0, 0.05) is 31.7 Å². The fourth-order valence-corrected chi connectivity index (χ4v) is 3.43. The third-order valence-electron chi connectivity index (χ3n) is 5.13. The molecule has 1 aliphatic rings. The van der Waals surface area contributed by atoms with Gasteiger partial charge < -0.3 is 15.2 Å². The number of nitrogens with one attached hydrogen (secondary N) is 1. The minimum atomic E-state index is -0.414. The van der Waals surface area contributed by atoms with Gasteiger partial charge in [-0.25, -0.2) is 0 Å². The molecule has 1 heterocycles. The Kier molecular flexibility index (Phi) is 7.60. The number of benzene rings is 2. The van der Waals surface area contributed by atoms with Gasteiger partial charge in [-0.05, 0) is 35.2 Å². The van der Waals surface area contributed by atoms with E-state index in [1.54, 1.807) is 0 Å². The van der Waals surface area contributed by atoms with E-state index in [9.17, 15) is 9.90 Å². The number of ether oxygens (including phenoxy) is 1. The number of nitrogens with zero attached hydrogens (tertiary/aromatic N) is 1. The molecule has 0 aromatic heterocycles. The first-order chi connectivity index (χ1) is 13.7. The predicted molar refractivity (Wildman–Crippen MR) is 111 cm³/mol. The van der Waals surface area contributed by atoms with Crippen LogP contribution in [-0.4, -0.2) is 55.3 Å². The average molecular weight is 383 g/mol. The summed E-state index contributed by atoms with van der Waals surface area (Å²) in [5.41, 5.74) is 3.63. The van der Waals surface area contributed by atoms with Crippen LogP contribution in [0.25, 0.3) is 11.1 Å². The lowest BCUT2D eigenvalue weighted by atomic mass is 9.99. The van der Waals surface area contributed by atoms with Crippen molar-refractivity contribution in [1.29, 1.82) is 0 Å². The summed E-state index contributed by atoms with van der Waals surface area (Å²) in [4.78, 5) is 14.8. The minimum Gasteiger partial charge on any atom is -0.388 e. The maximum absolute atomic E-state index is 12.5. The monoisotopic (exact) mass is 382 g/mol. The van der Waals surface area contributed by atoms with E-state index in [1.807, 2.05) is 48.5 Å². The highest BCUT2D eigenvalue weighted by molar-refractivity contribution is 5.95. The maximum atomic E-state index is 12.5. The second-order valence-corrected chi connectivity index (χ2v) is 7.22. The summed E-state index contributed by atoms with van der Waals surface area (Å²) >= 11 is 0. The van der Waals surface area contributed by atoms with Crippen LogP contribution in [0.5, 0.6) is 0 Å². The SMILES string of the molecule is CCC[C@H](O)c1ccc(-c2cccc(C(=O)NCCN3CCOCC3)c2)cc1. The van der Waals surface area contributed by atoms with Gasteiger partial charge in [0.25, 0.3) is 5.91 Å². The van der Waals surface area contributed by atoms with Crippen LogP contribution in [0.4, 0.5) is 0 Å². The van der Waals surface area contributed by atoms with Crippen LogP contribution in [0.2, 0.25) is 0 Å². The molecule has 2 aromatic rings. The molecule has 0 spiro atoms. The van der Waals surface area contributed by atoms with Gasteiger partial charge in [0.15, 0.2) is 0 Å². The third-order valence-corrected chi connectivity index (χ3v) is 5.13. The van der Waals surface area contributed by atoms with Gasteiger partial charge in [-0.2, -0.15) is 0 Å². The van der Waals surface area contributed by atoms with Crippen molar-refractivity contribution < 1.29 is 14.6 Å². The van der Waals surface area contributed by atoms with E-state index in [-0.39, 0.29) is 5.91 Å². The van der Waals surface area contributed by atoms with E-state index in [2.05, 4.69) is 17.1 Å². The number of aliphatic hydroxyl groups excluding tert-OH is 1. The molecule has 1 fully saturated rings. The number of carbonyl (C=O) groups excluding carboxylic acids is 1. The summed E-state index contributed by atoms with van der Waals surface area (Å²) in [7, 11) is 0. The second-order valence-electron chi connectivity index (χ2n) is 7.22. The Hall–Kier alpha value is -2.21. The Bertz CT molecular complexity index is 755. The molecule has 1 amide bonds. The molecule has 1 aliphatic heterocycles. The summed E-state index contributed by atoms with van der Waals surface area (Å²) in [5.74, 6) is -0.0508. The Morgan fingerprint density at radius 3 is 2.61 bits per heavy atom. The van der Waals surface area contributed by atoms with Crippen molar-refractivity contribution >= 4 is 5.91 Å². The molecule has 1 atom stereocenters. The molecule has 5 heteroatoms. The zero-order valence-electron chi connectivity index (χ0n) is 16.6. The number of hydrogen-bond acceptors (Lipinski definition) is 4. The van der Waals surface area contributed by atoms with E-state index >= 15 is 0 Å². The fourth-order valence-electron chi connectivity index (χ4n) is 3.43. The largest absolute Gasteiger partial charge is 0.388 e. The number of rotatable bonds is 8. The summed E-state index contributed by atoms with van der Waals surface area (Å²) in [5, 5.41) is 13.1. The van der Waals surface area contributed by atoms with E-state index in [0.717, 1.165) is 62.4 Å². The summed E-state index contributed by atoms with van der Waals surface area (Å²) in [6, 6.07) is 15.6. The van der Waals surface area contributed by atoms with Crippen LogP contribution in [0.3, 0.4) is 0 Å². The molecule has 0 radical (unpaired) electrons. The zero-order valence-corrected chi connectivity index (χ0v) is 16.6. The van der Waals surface area contributed by atoms with Gasteiger partial charge in [0.1, 0.15) is 0 Å². The summed E-state index contributed by atoms with van der Waals surface area (Å²) in [6.07, 6.45) is 1.30. The molecule has 2 aromatic carbocycles. The van der Waals surface area contributed by atoms with Crippen molar-refractivity contribution in [3.8, 4) is 11.1 Å². The first-order valence-electron chi connectivity index (χ1n) is 10.1. The lowest BCUT2D eigenvalue weighted by molar-refractivity contribution is 0.0383. The molecule has 0 saturated carbocycles. The first kappa shape index (κ1) is 20.5. The van der Waals surface area contributed by atoms with E-state index in [1.165, 1.54) is 0 Å². The van der Waals surface area contributed by atoms with Crippen molar-refractivity contribution in [3.63, 3.8) is 0 Å². The Morgan fingerprint density at radius 2 is 1.89 bits per heavy atom. The maximum Gasteiger partial charge on any atom is 0.251 e. The smallest absolute Gasteiger partial charge is 0.251 e. The Morgan fingerprint density at radius 1 is 1.14 bits per heavy atom. The van der Waals surface area contributed by atoms with Crippen LogP contribution in [-0.2, 0) is 4.74 Å². The molecule has 5 nitrogen and oxygen atoms in total. The highest BCUT2D eigenvalue weighted by Gasteiger charge is 2.12. The van der Waals surface area contributed by atoms with Gasteiger partial charge in [0.2, 0.25) is 0 Å². The number of hydrogen-bond donors (Lipinski definition) is 2. The van der Waals surface area contributed by atoms with E-state index < -0.39 is 6.10 Å². The average Bonchev–Trinajstić information content (AvgIpc) is 2.75. The minimum absolute atomic E-state index is 0.0508. The van der Waals surface area contributed by atoms with Gasteiger partial charge in [0.05, 0.1) is 19.3 Å². The van der Waals surface area contributed by atoms with E-state index in [4.69, 9.17) is 4.74 Å². The first-order valence-corrected chi connectivity index (χ1v) is 10.1. The molecule has 0 unspecified atom stereocenters. The Balaban J connectivity index is 1.59. The van der Waals surface area contributed by atoms with Crippen LogP contribution < -0.4 is 5.32 Å². The Labute approximate surface area is 167 Å². The molecule has 1 saturated heterocycles. The van der Waals surface area contributed by atoms with E-state index in [0.29, 0.717) is 12.1 Å². The predicted octanol–water partition coefficient (Wildman–Crippen LogP) is 3.25. The fraction of sp³-hybridized carbons (Fsp3) is 0.435. The summed E-state index contributed by atoms with van der Waals surface area (Å²) in [6.45, 7) is 6.93. The quantitative estimate of drug-likeness (QED) is 0.736. The number of carbonyl (C=O) groups is 1. The lowest BCUT2D eigenvalue weighted by Crippen LogP contribution is -2.41. The topological polar surface area (TPSA) is 61.8 Å². The molecular formula is C23H30N2O3. The van der Waals surface area contributed by atoms with Gasteiger partial charge in [-0.15, -0.1) is 0 Å². The second kappa shape index (κ2) is 10.4. The zero-order chi connectivity index (χ0) is 19.8. The lowest BCUT2D eigenvalue weighted by Gasteiger charge is -2.26. The van der Waals surface area contributed by atoms with Crippen molar-refractivity contribution in [2.75, 3.05) is 39.4 Å². The van der Waals surface area contributed by atoms with Crippen LogP contribution >= 0.6 is 0 Å². The standard InChI is InChI=1S/C23H30N2O3/c1-2-4-22(26)19-9-7-18(8-10-19)20-5-3-6-21(17-20)23(27)24-11-12-25-13-15-28-16-14-25/h3,5-10,17,22,26H,2,4,11-16H2,1H3,(H,24,27)/t22-/m0/s1. The van der Waals surface area contributed by atoms with Gasteiger partial charge in [-0.3, -0.25) is 9.69 Å². The molecular weight excluding hydrogens is 352 g/mol. The third kappa shape index (κ3) is 5.64. The van der Waals surface area contributed by atoms with Crippen molar-refractivity contribution in [2.45, 2.75) is 25.9 Å². The molecule has 150 valence electrons. The van der Waals surface area contributed by atoms with Crippen LogP contribution in [0.15, 0.2) is 48.5 Å². The van der Waals surface area contributed by atoms with Crippen molar-refractivity contribution in [3.05, 3.63) is 59.7 Å². The molecule has 2 N–H and O–H groups in total. The number of morpholine rings is 1. The highest BCUT2D eigenvalue weighted by Crippen LogP contribution is 2.24. The molecule has 3 rings (SSSR count). The summed E-state index contributed by atoms with van der Waals surface area (Å²) < 4.78 is 5.34. The van der Waals surface area contributed by atoms with Crippen molar-refractivity contribution in [1.82, 2.24) is 10.2 Å². The van der Waals surface area contributed by atoms with Crippen LogP contribution in [0, 0.1) is 0 Å². The van der Waals surface area contributed by atoms with Gasteiger partial charge in [-0.1, -0.05) is 49.7 Å². The molecule has 0 aliphatic carbocycles. The number of aliphatic hydroxyl groups is 1. The molecule has 28 heavy (non-hydrogen) atoms. The highest BCUT2D eigenvalue weighted by atomic mass is 16.5. The number of amides is 1. The normalized spacial score (nSPS) is 15.9.